The highest BCUT2D eigenvalue weighted by Crippen LogP contribution is 2.22. The van der Waals surface area contributed by atoms with Crippen LogP contribution in [0.15, 0.2) is 29.3 Å². The molecule has 0 saturated carbocycles. The van der Waals surface area contributed by atoms with Crippen molar-refractivity contribution in [2.75, 3.05) is 0 Å². The van der Waals surface area contributed by atoms with E-state index in [0.29, 0.717) is 0 Å². The molecule has 0 spiro atoms. The molecule has 0 unspecified atom stereocenters. The number of hydrogen-bond donors (Lipinski definition) is 1. The van der Waals surface area contributed by atoms with Crippen LogP contribution in [0.1, 0.15) is 15.3 Å². The number of pyridine rings is 1. The molecule has 0 saturated heterocycles. The molecule has 7 heteroatoms. The molecule has 19 heavy (non-hydrogen) atoms. The minimum atomic E-state index is -3.63. The molecule has 0 atom stereocenters. The molecule has 0 radical (unpaired) electrons. The van der Waals surface area contributed by atoms with Gasteiger partial charge in [0.1, 0.15) is 10.0 Å². The molecule has 0 fully saturated rings. The molecule has 0 amide bonds. The van der Waals surface area contributed by atoms with Crippen molar-refractivity contribution in [3.05, 3.63) is 44.9 Å². The van der Waals surface area contributed by atoms with Gasteiger partial charge in [0.2, 0.25) is 10.0 Å². The first-order chi connectivity index (χ1) is 8.90. The predicted octanol–water partition coefficient (Wildman–Crippen LogP) is 2.89. The Bertz CT molecular complexity index is 676. The van der Waals surface area contributed by atoms with Crippen molar-refractivity contribution < 1.29 is 8.42 Å². The van der Waals surface area contributed by atoms with Gasteiger partial charge in [-0.05, 0) is 37.6 Å². The third-order valence-electron chi connectivity index (χ3n) is 2.67. The van der Waals surface area contributed by atoms with Crippen molar-refractivity contribution in [2.45, 2.75) is 25.3 Å². The highest BCUT2D eigenvalue weighted by atomic mass is 35.5. The van der Waals surface area contributed by atoms with Crippen LogP contribution in [0.3, 0.4) is 0 Å². The van der Waals surface area contributed by atoms with E-state index >= 15 is 0 Å². The summed E-state index contributed by atoms with van der Waals surface area (Å²) >= 11 is 7.37. The summed E-state index contributed by atoms with van der Waals surface area (Å²) in [5.74, 6) is 0. The maximum absolute atomic E-state index is 12.1. The van der Waals surface area contributed by atoms with Gasteiger partial charge in [0.25, 0.3) is 0 Å². The van der Waals surface area contributed by atoms with E-state index < -0.39 is 10.0 Å². The molecule has 0 aliphatic carbocycles. The van der Waals surface area contributed by atoms with Crippen molar-refractivity contribution >= 4 is 33.0 Å². The topological polar surface area (TPSA) is 59.1 Å². The average molecular weight is 317 g/mol. The fraction of sp³-hybridized carbons (Fsp3) is 0.250. The summed E-state index contributed by atoms with van der Waals surface area (Å²) in [7, 11) is -3.63. The monoisotopic (exact) mass is 316 g/mol. The van der Waals surface area contributed by atoms with Crippen LogP contribution in [0.5, 0.6) is 0 Å². The minimum Gasteiger partial charge on any atom is -0.243 e. The Hall–Kier alpha value is -0.950. The quantitative estimate of drug-likeness (QED) is 0.882. The summed E-state index contributed by atoms with van der Waals surface area (Å²) in [6, 6.07) is 4.95. The zero-order valence-electron chi connectivity index (χ0n) is 10.5. The lowest BCUT2D eigenvalue weighted by Gasteiger charge is -2.06. The summed E-state index contributed by atoms with van der Waals surface area (Å²) < 4.78 is 26.7. The van der Waals surface area contributed by atoms with Crippen LogP contribution in [0.2, 0.25) is 5.15 Å². The minimum absolute atomic E-state index is 0.00154. The van der Waals surface area contributed by atoms with Gasteiger partial charge in [-0.3, -0.25) is 0 Å². The normalized spacial score (nSPS) is 11.7. The van der Waals surface area contributed by atoms with E-state index in [2.05, 4.69) is 9.71 Å². The number of nitrogens with one attached hydrogen (secondary N) is 1. The molecular weight excluding hydrogens is 304 g/mol. The van der Waals surface area contributed by atoms with E-state index in [0.717, 1.165) is 4.88 Å². The predicted molar refractivity (Wildman–Crippen MR) is 77.1 cm³/mol. The Morgan fingerprint density at radius 2 is 2.16 bits per heavy atom. The number of hydrogen-bond acceptors (Lipinski definition) is 4. The summed E-state index contributed by atoms with van der Waals surface area (Å²) in [6.07, 6.45) is 1.45. The van der Waals surface area contributed by atoms with Crippen LogP contribution in [0.4, 0.5) is 0 Å². The van der Waals surface area contributed by atoms with Crippen LogP contribution in [-0.4, -0.2) is 13.4 Å². The lowest BCUT2D eigenvalue weighted by atomic mass is 10.3. The summed E-state index contributed by atoms with van der Waals surface area (Å²) in [6.45, 7) is 4.27. The Labute approximate surface area is 121 Å². The number of aromatic nitrogens is 1. The van der Waals surface area contributed by atoms with Crippen molar-refractivity contribution in [3.8, 4) is 0 Å². The first kappa shape index (κ1) is 14.5. The molecule has 0 aromatic carbocycles. The molecule has 2 aromatic rings. The highest BCUT2D eigenvalue weighted by molar-refractivity contribution is 7.89. The first-order valence-electron chi connectivity index (χ1n) is 5.56. The summed E-state index contributed by atoms with van der Waals surface area (Å²) in [5, 5.41) is -0.0199. The van der Waals surface area contributed by atoms with Crippen molar-refractivity contribution in [2.24, 2.45) is 0 Å². The third kappa shape index (κ3) is 3.33. The van der Waals surface area contributed by atoms with E-state index in [9.17, 15) is 8.42 Å². The molecule has 4 nitrogen and oxygen atoms in total. The number of sulfonamides is 1. The highest BCUT2D eigenvalue weighted by Gasteiger charge is 2.18. The van der Waals surface area contributed by atoms with E-state index in [4.69, 9.17) is 11.6 Å². The largest absolute Gasteiger partial charge is 0.243 e. The van der Waals surface area contributed by atoms with Crippen LogP contribution in [-0.2, 0) is 16.6 Å². The smallest absolute Gasteiger partial charge is 0.243 e. The average Bonchev–Trinajstić information content (AvgIpc) is 2.67. The molecule has 0 aliphatic heterocycles. The van der Waals surface area contributed by atoms with Crippen LogP contribution in [0, 0.1) is 13.8 Å². The maximum atomic E-state index is 12.1. The third-order valence-corrected chi connectivity index (χ3v) is 5.67. The van der Waals surface area contributed by atoms with Gasteiger partial charge < -0.3 is 0 Å². The molecule has 2 heterocycles. The van der Waals surface area contributed by atoms with Crippen LogP contribution in [0.25, 0.3) is 0 Å². The molecule has 102 valence electrons. The van der Waals surface area contributed by atoms with Gasteiger partial charge in [-0.25, -0.2) is 18.1 Å². The second-order valence-electron chi connectivity index (χ2n) is 4.07. The number of thiophene rings is 1. The van der Waals surface area contributed by atoms with E-state index in [1.54, 1.807) is 17.4 Å². The second kappa shape index (κ2) is 5.58. The van der Waals surface area contributed by atoms with Gasteiger partial charge in [0.05, 0.1) is 0 Å². The van der Waals surface area contributed by atoms with Crippen molar-refractivity contribution in [3.63, 3.8) is 0 Å². The van der Waals surface area contributed by atoms with E-state index in [-0.39, 0.29) is 16.6 Å². The summed E-state index contributed by atoms with van der Waals surface area (Å²) in [5.41, 5.74) is 1.17. The van der Waals surface area contributed by atoms with Gasteiger partial charge in [-0.15, -0.1) is 11.3 Å². The zero-order chi connectivity index (χ0) is 14.0. The van der Waals surface area contributed by atoms with Gasteiger partial charge in [0.15, 0.2) is 0 Å². The lowest BCUT2D eigenvalue weighted by molar-refractivity contribution is 0.581. The van der Waals surface area contributed by atoms with Gasteiger partial charge in [-0.2, -0.15) is 0 Å². The zero-order valence-corrected chi connectivity index (χ0v) is 12.9. The Morgan fingerprint density at radius 1 is 1.42 bits per heavy atom. The molecule has 2 rings (SSSR count). The lowest BCUT2D eigenvalue weighted by Crippen LogP contribution is -2.23. The number of aryl methyl sites for hydroxylation is 2. The number of halogens is 1. The number of nitrogens with zero attached hydrogens (tertiary/aromatic N) is 1. The summed E-state index contributed by atoms with van der Waals surface area (Å²) in [4.78, 5) is 5.93. The fourth-order valence-electron chi connectivity index (χ4n) is 1.55. The van der Waals surface area contributed by atoms with E-state index in [1.165, 1.54) is 22.7 Å². The van der Waals surface area contributed by atoms with Gasteiger partial charge in [-0.1, -0.05) is 11.6 Å². The van der Waals surface area contributed by atoms with Gasteiger partial charge >= 0.3 is 0 Å². The van der Waals surface area contributed by atoms with Crippen molar-refractivity contribution in [1.29, 1.82) is 0 Å². The van der Waals surface area contributed by atoms with Crippen molar-refractivity contribution in [1.82, 2.24) is 9.71 Å². The second-order valence-corrected chi connectivity index (χ2v) is 7.50. The molecular formula is C12H13ClN2O2S2. The molecule has 0 bridgehead atoms. The van der Waals surface area contributed by atoms with Crippen LogP contribution < -0.4 is 4.72 Å². The fourth-order valence-corrected chi connectivity index (χ4v) is 4.09. The standard InChI is InChI=1S/C12H13ClN2O2S2/c1-8-6-10(18-9(8)2)7-15-19(16,17)11-4-3-5-14-12(11)13/h3-6,15H,7H2,1-2H3. The SMILES string of the molecule is Cc1cc(CNS(=O)(=O)c2cccnc2Cl)sc1C. The van der Waals surface area contributed by atoms with Crippen LogP contribution >= 0.6 is 22.9 Å². The Morgan fingerprint density at radius 3 is 2.74 bits per heavy atom. The first-order valence-corrected chi connectivity index (χ1v) is 8.24. The Balaban J connectivity index is 2.17. The molecule has 1 N–H and O–H groups in total. The van der Waals surface area contributed by atoms with Gasteiger partial charge in [0, 0.05) is 22.5 Å². The Kier molecular flexibility index (Phi) is 4.25. The molecule has 2 aromatic heterocycles. The number of rotatable bonds is 4. The molecule has 0 aliphatic rings. The maximum Gasteiger partial charge on any atom is 0.243 e. The van der Waals surface area contributed by atoms with E-state index in [1.807, 2.05) is 19.9 Å².